The number of aromatic nitrogens is 4. The van der Waals surface area contributed by atoms with Crippen molar-refractivity contribution in [3.8, 4) is 45.0 Å². The van der Waals surface area contributed by atoms with Crippen molar-refractivity contribution < 1.29 is 0 Å². The van der Waals surface area contributed by atoms with Crippen LogP contribution < -0.4 is 0 Å². The number of allylic oxidation sites excluding steroid dienone is 2. The molecule has 0 saturated heterocycles. The summed E-state index contributed by atoms with van der Waals surface area (Å²) in [7, 11) is 0. The Hall–Kier alpha value is -5.22. The summed E-state index contributed by atoms with van der Waals surface area (Å²) in [5, 5.41) is 0. The summed E-state index contributed by atoms with van der Waals surface area (Å²) in [4.78, 5) is 20.1. The van der Waals surface area contributed by atoms with Gasteiger partial charge >= 0.3 is 0 Å². The Balaban J connectivity index is 1.50. The molecule has 4 aromatic carbocycles. The highest BCUT2D eigenvalue weighted by Gasteiger charge is 2.16. The molecule has 6 rings (SSSR count). The second-order valence-electron chi connectivity index (χ2n) is 9.21. The van der Waals surface area contributed by atoms with Crippen molar-refractivity contribution in [2.75, 3.05) is 0 Å². The zero-order valence-electron chi connectivity index (χ0n) is 21.6. The second-order valence-corrected chi connectivity index (χ2v) is 9.21. The van der Waals surface area contributed by atoms with Gasteiger partial charge in [-0.25, -0.2) is 19.9 Å². The Morgan fingerprint density at radius 1 is 0.487 bits per heavy atom. The highest BCUT2D eigenvalue weighted by Crippen LogP contribution is 2.34. The summed E-state index contributed by atoms with van der Waals surface area (Å²) in [6.07, 6.45) is 5.57. The molecule has 186 valence electrons. The van der Waals surface area contributed by atoms with Crippen LogP contribution in [0.5, 0.6) is 0 Å². The highest BCUT2D eigenvalue weighted by molar-refractivity contribution is 5.87. The molecular weight excluding hydrogens is 476 g/mol. The number of rotatable bonds is 6. The first-order valence-corrected chi connectivity index (χ1v) is 12.9. The van der Waals surface area contributed by atoms with E-state index in [4.69, 9.17) is 19.9 Å². The van der Waals surface area contributed by atoms with Crippen molar-refractivity contribution in [3.05, 3.63) is 139 Å². The predicted molar refractivity (Wildman–Crippen MR) is 161 cm³/mol. The highest BCUT2D eigenvalue weighted by atomic mass is 14.8. The lowest BCUT2D eigenvalue weighted by Crippen LogP contribution is -2.00. The molecule has 4 nitrogen and oxygen atoms in total. The molecule has 0 radical (unpaired) electrons. The van der Waals surface area contributed by atoms with Crippen molar-refractivity contribution in [2.45, 2.75) is 6.92 Å². The number of para-hydroxylation sites is 2. The molecule has 0 unspecified atom stereocenters. The molecule has 2 heterocycles. The first-order chi connectivity index (χ1) is 19.2. The third-order valence-electron chi connectivity index (χ3n) is 6.59. The maximum absolute atomic E-state index is 5.04. The Morgan fingerprint density at radius 3 is 1.38 bits per heavy atom. The van der Waals surface area contributed by atoms with Gasteiger partial charge in [-0.2, -0.15) is 0 Å². The van der Waals surface area contributed by atoms with Crippen molar-refractivity contribution >= 4 is 17.1 Å². The maximum atomic E-state index is 5.04. The average molecular weight is 503 g/mol. The van der Waals surface area contributed by atoms with Crippen molar-refractivity contribution in [2.24, 2.45) is 0 Å². The molecule has 0 N–H and O–H groups in total. The fourth-order valence-corrected chi connectivity index (χ4v) is 4.63. The van der Waals surface area contributed by atoms with Crippen LogP contribution in [0.3, 0.4) is 0 Å². The van der Waals surface area contributed by atoms with Crippen LogP contribution in [0.25, 0.3) is 62.1 Å². The van der Waals surface area contributed by atoms with E-state index in [2.05, 4.69) is 55.1 Å². The van der Waals surface area contributed by atoms with Crippen molar-refractivity contribution in [1.29, 1.82) is 0 Å². The van der Waals surface area contributed by atoms with Gasteiger partial charge in [-0.15, -0.1) is 0 Å². The molecule has 0 aliphatic rings. The van der Waals surface area contributed by atoms with Gasteiger partial charge in [0.1, 0.15) is 0 Å². The monoisotopic (exact) mass is 502 g/mol. The molecule has 0 amide bonds. The van der Waals surface area contributed by atoms with Crippen LogP contribution in [0.4, 0.5) is 0 Å². The number of nitrogens with zero attached hydrogens (tertiary/aromatic N) is 4. The van der Waals surface area contributed by atoms with E-state index in [0.29, 0.717) is 0 Å². The van der Waals surface area contributed by atoms with Crippen molar-refractivity contribution in [3.63, 3.8) is 0 Å². The van der Waals surface area contributed by atoms with Crippen LogP contribution in [-0.4, -0.2) is 19.9 Å². The van der Waals surface area contributed by atoms with Crippen LogP contribution in [0.1, 0.15) is 11.4 Å². The summed E-state index contributed by atoms with van der Waals surface area (Å²) in [5.74, 6) is 0. The molecule has 0 bridgehead atoms. The van der Waals surface area contributed by atoms with E-state index >= 15 is 0 Å². The topological polar surface area (TPSA) is 51.6 Å². The van der Waals surface area contributed by atoms with Crippen LogP contribution in [0, 0.1) is 6.92 Å². The van der Waals surface area contributed by atoms with E-state index in [-0.39, 0.29) is 0 Å². The molecular formula is C35H26N4. The Labute approximate surface area is 228 Å². The zero-order chi connectivity index (χ0) is 26.6. The van der Waals surface area contributed by atoms with E-state index in [1.165, 1.54) is 0 Å². The second kappa shape index (κ2) is 10.6. The fraction of sp³-hybridized carbons (Fsp3) is 0.0286. The van der Waals surface area contributed by atoms with Gasteiger partial charge in [0.2, 0.25) is 0 Å². The first-order valence-electron chi connectivity index (χ1n) is 12.9. The summed E-state index contributed by atoms with van der Waals surface area (Å²) in [6, 6.07) is 36.8. The molecule has 0 atom stereocenters. The molecule has 0 saturated carbocycles. The smallest absolute Gasteiger partial charge is 0.0973 e. The van der Waals surface area contributed by atoms with Gasteiger partial charge in [0, 0.05) is 22.3 Å². The minimum Gasteiger partial charge on any atom is -0.249 e. The summed E-state index contributed by atoms with van der Waals surface area (Å²) in [6.45, 7) is 5.78. The van der Waals surface area contributed by atoms with E-state index in [0.717, 1.165) is 67.5 Å². The molecule has 2 aromatic heterocycles. The summed E-state index contributed by atoms with van der Waals surface area (Å²) in [5.41, 5.74) is 10.8. The SMILES string of the molecule is C=C/C=C\c1nc(-c2ccc(-c3nc4ccccc4nc3-c3ccccc3)cc2)c(-c2ccccc2)nc1C. The zero-order valence-corrected chi connectivity index (χ0v) is 21.6. The van der Waals surface area contributed by atoms with Gasteiger partial charge < -0.3 is 0 Å². The third-order valence-corrected chi connectivity index (χ3v) is 6.59. The van der Waals surface area contributed by atoms with Crippen molar-refractivity contribution in [1.82, 2.24) is 19.9 Å². The molecule has 0 aliphatic carbocycles. The Kier molecular flexibility index (Phi) is 6.59. The first kappa shape index (κ1) is 24.1. The normalized spacial score (nSPS) is 11.2. The van der Waals surface area contributed by atoms with Crippen LogP contribution in [-0.2, 0) is 0 Å². The van der Waals surface area contributed by atoms with E-state index in [1.54, 1.807) is 6.08 Å². The van der Waals surface area contributed by atoms with Gasteiger partial charge in [0.05, 0.1) is 45.2 Å². The van der Waals surface area contributed by atoms with Crippen LogP contribution >= 0.6 is 0 Å². The van der Waals surface area contributed by atoms with Gasteiger partial charge in [-0.05, 0) is 25.1 Å². The molecule has 0 fully saturated rings. The fourth-order valence-electron chi connectivity index (χ4n) is 4.63. The number of aryl methyl sites for hydroxylation is 1. The van der Waals surface area contributed by atoms with E-state index in [1.807, 2.05) is 79.7 Å². The standard InChI is InChI=1S/C35H26N4/c1-3-4-17-29-24(2)36-32(25-13-7-5-8-14-25)34(37-29)27-20-22-28(23-21-27)35-33(26-15-9-6-10-16-26)38-30-18-11-12-19-31(30)39-35/h3-23H,1H2,2H3/b17-4-. The van der Waals surface area contributed by atoms with Crippen LogP contribution in [0.15, 0.2) is 128 Å². The largest absolute Gasteiger partial charge is 0.249 e. The molecule has 6 aromatic rings. The lowest BCUT2D eigenvalue weighted by Gasteiger charge is -2.13. The van der Waals surface area contributed by atoms with Gasteiger partial charge in [0.25, 0.3) is 0 Å². The lowest BCUT2D eigenvalue weighted by atomic mass is 9.99. The Morgan fingerprint density at radius 2 is 0.897 bits per heavy atom. The van der Waals surface area contributed by atoms with E-state index < -0.39 is 0 Å². The minimum atomic E-state index is 0.820. The quantitative estimate of drug-likeness (QED) is 0.214. The summed E-state index contributed by atoms with van der Waals surface area (Å²) >= 11 is 0. The minimum absolute atomic E-state index is 0.820. The molecule has 39 heavy (non-hydrogen) atoms. The van der Waals surface area contributed by atoms with E-state index in [9.17, 15) is 0 Å². The number of hydrogen-bond donors (Lipinski definition) is 0. The van der Waals surface area contributed by atoms with Gasteiger partial charge in [-0.1, -0.05) is 116 Å². The molecule has 0 spiro atoms. The van der Waals surface area contributed by atoms with Gasteiger partial charge in [0.15, 0.2) is 0 Å². The number of benzene rings is 4. The lowest BCUT2D eigenvalue weighted by molar-refractivity contribution is 1.11. The number of fused-ring (bicyclic) bond motifs is 1. The maximum Gasteiger partial charge on any atom is 0.0973 e. The Bertz CT molecular complexity index is 1810. The molecule has 0 aliphatic heterocycles. The third kappa shape index (κ3) is 4.88. The van der Waals surface area contributed by atoms with Gasteiger partial charge in [-0.3, -0.25) is 0 Å². The molecule has 4 heteroatoms. The van der Waals surface area contributed by atoms with Crippen LogP contribution in [0.2, 0.25) is 0 Å². The predicted octanol–water partition coefficient (Wildman–Crippen LogP) is 8.60. The number of hydrogen-bond acceptors (Lipinski definition) is 4. The average Bonchev–Trinajstić information content (AvgIpc) is 3.00. The summed E-state index contributed by atoms with van der Waals surface area (Å²) < 4.78 is 0.